The molecule has 0 aliphatic heterocycles. The first-order valence-electron chi connectivity index (χ1n) is 7.61. The Balaban J connectivity index is 2.19. The van der Waals surface area contributed by atoms with E-state index in [0.29, 0.717) is 12.8 Å². The molecule has 5 nitrogen and oxygen atoms in total. The zero-order valence-corrected chi connectivity index (χ0v) is 13.7. The Hall–Kier alpha value is -1.61. The van der Waals surface area contributed by atoms with Crippen LogP contribution in [0.1, 0.15) is 32.1 Å². The van der Waals surface area contributed by atoms with Crippen LogP contribution in [0.3, 0.4) is 0 Å². The minimum Gasteiger partial charge on any atom is -0.327 e. The standard InChI is InChI=1S/C15H19F3N2O3S/c16-15(17,18)24(22,23)11-6-4-5-10(9-11)20-14(21)12-7-2-1-3-8-13(12)19/h4-6,9,12-13H,1-3,7-8,19H2,(H,20,21). The van der Waals surface area contributed by atoms with E-state index in [1.165, 1.54) is 6.07 Å². The molecule has 2 unspecified atom stereocenters. The van der Waals surface area contributed by atoms with E-state index >= 15 is 0 Å². The van der Waals surface area contributed by atoms with Crippen LogP contribution >= 0.6 is 0 Å². The number of nitrogens with one attached hydrogen (secondary N) is 1. The fourth-order valence-electron chi connectivity index (χ4n) is 2.77. The maximum atomic E-state index is 12.6. The number of halogens is 3. The first-order valence-corrected chi connectivity index (χ1v) is 9.09. The molecule has 2 rings (SSSR count). The highest BCUT2D eigenvalue weighted by molar-refractivity contribution is 7.92. The van der Waals surface area contributed by atoms with Crippen LogP contribution in [0.15, 0.2) is 29.2 Å². The first kappa shape index (κ1) is 18.7. The molecule has 3 N–H and O–H groups in total. The highest BCUT2D eigenvalue weighted by atomic mass is 32.2. The minimum atomic E-state index is -5.45. The van der Waals surface area contributed by atoms with Gasteiger partial charge in [-0.3, -0.25) is 4.79 Å². The summed E-state index contributed by atoms with van der Waals surface area (Å²) in [7, 11) is -5.45. The average Bonchev–Trinajstić information content (AvgIpc) is 2.71. The number of alkyl halides is 3. The molecule has 0 radical (unpaired) electrons. The van der Waals surface area contributed by atoms with Crippen LogP contribution in [0.25, 0.3) is 0 Å². The molecule has 1 aliphatic rings. The van der Waals surface area contributed by atoms with Crippen LogP contribution in [0.5, 0.6) is 0 Å². The number of rotatable bonds is 3. The number of anilines is 1. The Morgan fingerprint density at radius 2 is 1.83 bits per heavy atom. The second kappa shape index (κ2) is 7.10. The molecule has 0 saturated heterocycles. The number of nitrogens with two attached hydrogens (primary N) is 1. The number of amides is 1. The highest BCUT2D eigenvalue weighted by Gasteiger charge is 2.46. The number of sulfone groups is 1. The Bertz CT molecular complexity index is 704. The maximum absolute atomic E-state index is 12.6. The Morgan fingerprint density at radius 1 is 1.17 bits per heavy atom. The van der Waals surface area contributed by atoms with Crippen LogP contribution in [-0.4, -0.2) is 25.9 Å². The topological polar surface area (TPSA) is 89.3 Å². The van der Waals surface area contributed by atoms with Crippen molar-refractivity contribution in [3.63, 3.8) is 0 Å². The number of carbonyl (C=O) groups is 1. The molecule has 1 aromatic rings. The van der Waals surface area contributed by atoms with Crippen molar-refractivity contribution in [1.29, 1.82) is 0 Å². The van der Waals surface area contributed by atoms with E-state index in [0.717, 1.165) is 37.5 Å². The summed E-state index contributed by atoms with van der Waals surface area (Å²) in [5, 5.41) is 2.48. The lowest BCUT2D eigenvalue weighted by atomic mass is 9.94. The molecule has 134 valence electrons. The van der Waals surface area contributed by atoms with Gasteiger partial charge in [0.25, 0.3) is 9.84 Å². The summed E-state index contributed by atoms with van der Waals surface area (Å²) in [5.41, 5.74) is 0.596. The van der Waals surface area contributed by atoms with Crippen LogP contribution < -0.4 is 11.1 Å². The quantitative estimate of drug-likeness (QED) is 0.807. The van der Waals surface area contributed by atoms with Gasteiger partial charge in [0.1, 0.15) is 0 Å². The summed E-state index contributed by atoms with van der Waals surface area (Å²) >= 11 is 0. The second-order valence-electron chi connectivity index (χ2n) is 5.87. The van der Waals surface area contributed by atoms with E-state index in [9.17, 15) is 26.4 Å². The van der Waals surface area contributed by atoms with Crippen molar-refractivity contribution < 1.29 is 26.4 Å². The van der Waals surface area contributed by atoms with Crippen LogP contribution in [0.2, 0.25) is 0 Å². The molecule has 1 aromatic carbocycles. The molecule has 2 atom stereocenters. The van der Waals surface area contributed by atoms with Crippen molar-refractivity contribution in [2.75, 3.05) is 5.32 Å². The summed E-state index contributed by atoms with van der Waals surface area (Å²) in [5.74, 6) is -0.832. The van der Waals surface area contributed by atoms with Crippen LogP contribution in [0, 0.1) is 5.92 Å². The lowest BCUT2D eigenvalue weighted by Gasteiger charge is -2.20. The third-order valence-electron chi connectivity index (χ3n) is 4.12. The molecule has 1 fully saturated rings. The van der Waals surface area contributed by atoms with Crippen molar-refractivity contribution in [1.82, 2.24) is 0 Å². The maximum Gasteiger partial charge on any atom is 0.501 e. The van der Waals surface area contributed by atoms with Gasteiger partial charge < -0.3 is 11.1 Å². The smallest absolute Gasteiger partial charge is 0.327 e. The molecule has 1 saturated carbocycles. The molecule has 1 aliphatic carbocycles. The van der Waals surface area contributed by atoms with Gasteiger partial charge in [-0.1, -0.05) is 25.3 Å². The Morgan fingerprint density at radius 3 is 2.50 bits per heavy atom. The molecule has 1 amide bonds. The van der Waals surface area contributed by atoms with Crippen molar-refractivity contribution in [2.24, 2.45) is 11.7 Å². The Labute approximate surface area is 138 Å². The van der Waals surface area contributed by atoms with E-state index in [1.54, 1.807) is 0 Å². The van der Waals surface area contributed by atoms with Crippen molar-refractivity contribution in [2.45, 2.75) is 48.5 Å². The average molecular weight is 364 g/mol. The van der Waals surface area contributed by atoms with E-state index in [1.807, 2.05) is 0 Å². The van der Waals surface area contributed by atoms with E-state index in [-0.39, 0.29) is 11.7 Å². The SMILES string of the molecule is NC1CCCCCC1C(=O)Nc1cccc(S(=O)(=O)C(F)(F)F)c1. The lowest BCUT2D eigenvalue weighted by Crippen LogP contribution is -2.37. The van der Waals surface area contributed by atoms with Gasteiger partial charge in [-0.05, 0) is 31.0 Å². The summed E-state index contributed by atoms with van der Waals surface area (Å²) in [6.45, 7) is 0. The predicted molar refractivity (Wildman–Crippen MR) is 82.9 cm³/mol. The van der Waals surface area contributed by atoms with E-state index in [2.05, 4.69) is 5.32 Å². The third-order valence-corrected chi connectivity index (χ3v) is 5.61. The van der Waals surface area contributed by atoms with Gasteiger partial charge in [0.2, 0.25) is 5.91 Å². The predicted octanol–water partition coefficient (Wildman–Crippen LogP) is 2.83. The summed E-state index contributed by atoms with van der Waals surface area (Å²) in [6, 6.07) is 3.84. The molecular formula is C15H19F3N2O3S. The van der Waals surface area contributed by atoms with Gasteiger partial charge >= 0.3 is 5.51 Å². The number of hydrogen-bond donors (Lipinski definition) is 2. The second-order valence-corrected chi connectivity index (χ2v) is 7.82. The first-order chi connectivity index (χ1) is 11.1. The van der Waals surface area contributed by atoms with Gasteiger partial charge in [-0.2, -0.15) is 13.2 Å². The molecular weight excluding hydrogens is 345 g/mol. The molecule has 24 heavy (non-hydrogen) atoms. The zero-order chi connectivity index (χ0) is 18.0. The third kappa shape index (κ3) is 4.07. The molecule has 9 heteroatoms. The van der Waals surface area contributed by atoms with E-state index < -0.39 is 32.1 Å². The summed E-state index contributed by atoms with van der Waals surface area (Å²) < 4.78 is 60.7. The van der Waals surface area contributed by atoms with Gasteiger partial charge in [0.05, 0.1) is 10.8 Å². The molecule has 0 heterocycles. The van der Waals surface area contributed by atoms with Crippen molar-refractivity contribution in [3.8, 4) is 0 Å². The molecule has 0 bridgehead atoms. The van der Waals surface area contributed by atoms with E-state index in [4.69, 9.17) is 5.73 Å². The van der Waals surface area contributed by atoms with Gasteiger partial charge in [-0.25, -0.2) is 8.42 Å². The normalized spacial score (nSPS) is 22.7. The monoisotopic (exact) mass is 364 g/mol. The Kier molecular flexibility index (Phi) is 5.54. The van der Waals surface area contributed by atoms with Crippen LogP contribution in [0.4, 0.5) is 18.9 Å². The molecule has 0 aromatic heterocycles. The van der Waals surface area contributed by atoms with Gasteiger partial charge in [0, 0.05) is 11.7 Å². The van der Waals surface area contributed by atoms with Crippen molar-refractivity contribution >= 4 is 21.4 Å². The molecule has 0 spiro atoms. The van der Waals surface area contributed by atoms with Gasteiger partial charge in [0.15, 0.2) is 0 Å². The fraction of sp³-hybridized carbons (Fsp3) is 0.533. The number of benzene rings is 1. The summed E-state index contributed by atoms with van der Waals surface area (Å²) in [4.78, 5) is 11.4. The highest BCUT2D eigenvalue weighted by Crippen LogP contribution is 2.31. The lowest BCUT2D eigenvalue weighted by molar-refractivity contribution is -0.120. The largest absolute Gasteiger partial charge is 0.501 e. The number of hydrogen-bond acceptors (Lipinski definition) is 4. The number of carbonyl (C=O) groups excluding carboxylic acids is 1. The fourth-order valence-corrected chi connectivity index (χ4v) is 3.58. The zero-order valence-electron chi connectivity index (χ0n) is 12.8. The summed E-state index contributed by atoms with van der Waals surface area (Å²) in [6.07, 6.45) is 4.09. The van der Waals surface area contributed by atoms with Gasteiger partial charge in [-0.15, -0.1) is 0 Å². The van der Waals surface area contributed by atoms with Crippen molar-refractivity contribution in [3.05, 3.63) is 24.3 Å². The minimum absolute atomic E-state index is 0.00164. The van der Waals surface area contributed by atoms with Crippen LogP contribution in [-0.2, 0) is 14.6 Å².